The number of hydrogen-bond acceptors (Lipinski definition) is 5. The highest BCUT2D eigenvalue weighted by atomic mass is 16.6. The van der Waals surface area contributed by atoms with Gasteiger partial charge >= 0.3 is 5.97 Å². The van der Waals surface area contributed by atoms with Gasteiger partial charge in [-0.15, -0.1) is 0 Å². The molecule has 1 aliphatic heterocycles. The van der Waals surface area contributed by atoms with E-state index in [1.807, 2.05) is 0 Å². The highest BCUT2D eigenvalue weighted by Crippen LogP contribution is 2.30. The van der Waals surface area contributed by atoms with Crippen LogP contribution in [0, 0.1) is 15.5 Å². The van der Waals surface area contributed by atoms with Gasteiger partial charge in [-0.3, -0.25) is 19.7 Å². The predicted octanol–water partition coefficient (Wildman–Crippen LogP) is 1.72. The van der Waals surface area contributed by atoms with Crippen LogP contribution in [0.3, 0.4) is 0 Å². The van der Waals surface area contributed by atoms with Gasteiger partial charge in [-0.2, -0.15) is 5.10 Å². The Morgan fingerprint density at radius 3 is 2.76 bits per heavy atom. The van der Waals surface area contributed by atoms with Crippen LogP contribution in [0.25, 0.3) is 5.69 Å². The minimum absolute atomic E-state index is 0.0716. The number of carbonyl (C=O) groups is 2. The number of amides is 1. The van der Waals surface area contributed by atoms with Gasteiger partial charge in [0.2, 0.25) is 0 Å². The number of nitrogens with zero attached hydrogens (tertiary/aromatic N) is 4. The number of likely N-dealkylation sites (tertiary alicyclic amines) is 1. The average molecular weight is 344 g/mol. The molecule has 0 saturated carbocycles. The van der Waals surface area contributed by atoms with Gasteiger partial charge in [-0.25, -0.2) is 4.68 Å². The second kappa shape index (κ2) is 6.00. The molecule has 1 aromatic heterocycles. The van der Waals surface area contributed by atoms with Crippen molar-refractivity contribution in [1.29, 1.82) is 0 Å². The van der Waals surface area contributed by atoms with E-state index in [1.54, 1.807) is 19.2 Å². The number of aromatic nitrogens is 2. The maximum absolute atomic E-state index is 12.5. The molecule has 1 unspecified atom stereocenters. The lowest BCUT2D eigenvalue weighted by molar-refractivity contribution is -0.384. The first-order chi connectivity index (χ1) is 11.8. The van der Waals surface area contributed by atoms with Crippen LogP contribution in [0.15, 0.2) is 36.5 Å². The minimum atomic E-state index is -0.946. The summed E-state index contributed by atoms with van der Waals surface area (Å²) in [5, 5.41) is 24.3. The summed E-state index contributed by atoms with van der Waals surface area (Å²) in [4.78, 5) is 35.6. The summed E-state index contributed by atoms with van der Waals surface area (Å²) in [5.74, 6) is -1.28. The van der Waals surface area contributed by atoms with Crippen molar-refractivity contribution in [2.75, 3.05) is 13.1 Å². The fraction of sp³-hybridized carbons (Fsp3) is 0.312. The van der Waals surface area contributed by atoms with Crippen molar-refractivity contribution in [1.82, 2.24) is 14.7 Å². The molecule has 1 amide bonds. The number of hydrogen-bond donors (Lipinski definition) is 1. The molecular formula is C16H16N4O5. The van der Waals surface area contributed by atoms with Crippen molar-refractivity contribution >= 4 is 17.6 Å². The first-order valence-corrected chi connectivity index (χ1v) is 7.63. The molecule has 3 rings (SSSR count). The molecule has 1 saturated heterocycles. The fourth-order valence-electron chi connectivity index (χ4n) is 2.80. The van der Waals surface area contributed by atoms with Gasteiger partial charge in [0.15, 0.2) is 5.69 Å². The van der Waals surface area contributed by atoms with E-state index in [4.69, 9.17) is 0 Å². The summed E-state index contributed by atoms with van der Waals surface area (Å²) in [5.41, 5.74) is -0.387. The van der Waals surface area contributed by atoms with E-state index in [9.17, 15) is 24.8 Å². The Kier molecular flexibility index (Phi) is 3.99. The Morgan fingerprint density at radius 1 is 1.36 bits per heavy atom. The van der Waals surface area contributed by atoms with E-state index < -0.39 is 16.3 Å². The van der Waals surface area contributed by atoms with Crippen molar-refractivity contribution in [3.8, 4) is 5.69 Å². The quantitative estimate of drug-likeness (QED) is 0.666. The van der Waals surface area contributed by atoms with Crippen LogP contribution in [0.5, 0.6) is 0 Å². The van der Waals surface area contributed by atoms with Crippen molar-refractivity contribution in [3.05, 3.63) is 52.3 Å². The lowest BCUT2D eigenvalue weighted by atomic mass is 9.90. The van der Waals surface area contributed by atoms with E-state index in [2.05, 4.69) is 5.10 Å². The third-order valence-electron chi connectivity index (χ3n) is 4.39. The molecule has 0 spiro atoms. The summed E-state index contributed by atoms with van der Waals surface area (Å²) < 4.78 is 1.38. The standard InChI is InChI=1S/C16H16N4O5/c1-16(15(22)23)6-8-18(10-16)14(21)13-5-7-19(17-13)11-3-2-4-12(9-11)20(24)25/h2-5,7,9H,6,8,10H2,1H3,(H,22,23). The van der Waals surface area contributed by atoms with Gasteiger partial charge in [-0.05, 0) is 25.5 Å². The monoisotopic (exact) mass is 344 g/mol. The summed E-state index contributed by atoms with van der Waals surface area (Å²) in [6, 6.07) is 7.42. The Bertz CT molecular complexity index is 862. The van der Waals surface area contributed by atoms with Crippen LogP contribution in [-0.4, -0.2) is 49.7 Å². The molecule has 1 N–H and O–H groups in total. The van der Waals surface area contributed by atoms with Crippen LogP contribution in [0.1, 0.15) is 23.8 Å². The van der Waals surface area contributed by atoms with E-state index in [0.717, 1.165) is 0 Å². The van der Waals surface area contributed by atoms with E-state index in [0.29, 0.717) is 18.7 Å². The normalized spacial score (nSPS) is 19.8. The summed E-state index contributed by atoms with van der Waals surface area (Å²) in [6.07, 6.45) is 1.93. The second-order valence-electron chi connectivity index (χ2n) is 6.27. The minimum Gasteiger partial charge on any atom is -0.481 e. The van der Waals surface area contributed by atoms with Gasteiger partial charge in [0, 0.05) is 31.4 Å². The van der Waals surface area contributed by atoms with Gasteiger partial charge in [0.25, 0.3) is 11.6 Å². The van der Waals surface area contributed by atoms with Crippen molar-refractivity contribution in [2.24, 2.45) is 5.41 Å². The average Bonchev–Trinajstić information content (AvgIpc) is 3.22. The second-order valence-corrected chi connectivity index (χ2v) is 6.27. The van der Waals surface area contributed by atoms with E-state index >= 15 is 0 Å². The van der Waals surface area contributed by atoms with E-state index in [1.165, 1.54) is 33.8 Å². The lowest BCUT2D eigenvalue weighted by Crippen LogP contribution is -2.35. The maximum atomic E-state index is 12.5. The molecule has 0 radical (unpaired) electrons. The summed E-state index contributed by atoms with van der Waals surface area (Å²) in [7, 11) is 0. The number of nitro benzene ring substituents is 1. The summed E-state index contributed by atoms with van der Waals surface area (Å²) in [6.45, 7) is 2.10. The smallest absolute Gasteiger partial charge is 0.311 e. The molecule has 0 bridgehead atoms. The SMILES string of the molecule is CC1(C(=O)O)CCN(C(=O)c2ccn(-c3cccc([N+](=O)[O-])c3)n2)C1. The van der Waals surface area contributed by atoms with Crippen LogP contribution in [-0.2, 0) is 4.79 Å². The Morgan fingerprint density at radius 2 is 2.12 bits per heavy atom. The molecule has 1 aliphatic rings. The molecule has 0 aliphatic carbocycles. The maximum Gasteiger partial charge on any atom is 0.311 e. The number of non-ortho nitro benzene ring substituents is 1. The summed E-state index contributed by atoms with van der Waals surface area (Å²) >= 11 is 0. The molecule has 1 aromatic carbocycles. The topological polar surface area (TPSA) is 119 Å². The predicted molar refractivity (Wildman–Crippen MR) is 86.5 cm³/mol. The Labute approximate surface area is 142 Å². The van der Waals surface area contributed by atoms with Gasteiger partial charge in [0.1, 0.15) is 0 Å². The zero-order chi connectivity index (χ0) is 18.2. The number of carboxylic acid groups (broad SMARTS) is 1. The Balaban J connectivity index is 1.80. The van der Waals surface area contributed by atoms with Crippen molar-refractivity contribution < 1.29 is 19.6 Å². The van der Waals surface area contributed by atoms with Crippen molar-refractivity contribution in [3.63, 3.8) is 0 Å². The number of carbonyl (C=O) groups excluding carboxylic acids is 1. The Hall–Kier alpha value is -3.23. The van der Waals surface area contributed by atoms with Crippen LogP contribution in [0.4, 0.5) is 5.69 Å². The molecule has 9 nitrogen and oxygen atoms in total. The largest absolute Gasteiger partial charge is 0.481 e. The molecule has 1 fully saturated rings. The molecule has 1 atom stereocenters. The first-order valence-electron chi connectivity index (χ1n) is 7.63. The molecular weight excluding hydrogens is 328 g/mol. The third-order valence-corrected chi connectivity index (χ3v) is 4.39. The molecule has 25 heavy (non-hydrogen) atoms. The third kappa shape index (κ3) is 3.08. The molecule has 9 heteroatoms. The highest BCUT2D eigenvalue weighted by Gasteiger charge is 2.42. The van der Waals surface area contributed by atoms with Crippen LogP contribution >= 0.6 is 0 Å². The van der Waals surface area contributed by atoms with E-state index in [-0.39, 0.29) is 23.8 Å². The fourth-order valence-corrected chi connectivity index (χ4v) is 2.80. The highest BCUT2D eigenvalue weighted by molar-refractivity contribution is 5.93. The van der Waals surface area contributed by atoms with Crippen LogP contribution in [0.2, 0.25) is 0 Å². The van der Waals surface area contributed by atoms with Crippen molar-refractivity contribution in [2.45, 2.75) is 13.3 Å². The van der Waals surface area contributed by atoms with Crippen LogP contribution < -0.4 is 0 Å². The van der Waals surface area contributed by atoms with Gasteiger partial charge < -0.3 is 10.0 Å². The molecule has 2 heterocycles. The number of aliphatic carboxylic acids is 1. The zero-order valence-electron chi connectivity index (χ0n) is 13.5. The first kappa shape index (κ1) is 16.6. The molecule has 130 valence electrons. The number of benzene rings is 1. The number of nitro groups is 1. The lowest BCUT2D eigenvalue weighted by Gasteiger charge is -2.19. The number of rotatable bonds is 4. The van der Waals surface area contributed by atoms with Gasteiger partial charge in [0.05, 0.1) is 16.0 Å². The number of carboxylic acids is 1. The molecule has 2 aromatic rings. The zero-order valence-corrected chi connectivity index (χ0v) is 13.5. The van der Waals surface area contributed by atoms with Gasteiger partial charge in [-0.1, -0.05) is 6.07 Å².